The average Bonchev–Trinajstić information content (AvgIpc) is 3.59. The van der Waals surface area contributed by atoms with Crippen molar-refractivity contribution in [3.05, 3.63) is 46.1 Å². The number of Topliss-reactive ketones (excluding diaryl/α,β-unsaturated/α-hetero) is 1. The van der Waals surface area contributed by atoms with Gasteiger partial charge in [-0.05, 0) is 38.7 Å². The third-order valence-electron chi connectivity index (χ3n) is 7.64. The number of ketones is 1. The first kappa shape index (κ1) is 21.2. The van der Waals surface area contributed by atoms with Crippen LogP contribution >= 0.6 is 0 Å². The summed E-state index contributed by atoms with van der Waals surface area (Å²) in [5.74, 6) is 1.90. The lowest BCUT2D eigenvalue weighted by Gasteiger charge is -2.28. The van der Waals surface area contributed by atoms with Gasteiger partial charge in [-0.25, -0.2) is 15.0 Å². The molecule has 2 saturated heterocycles. The summed E-state index contributed by atoms with van der Waals surface area (Å²) in [6, 6.07) is 3.05. The number of rotatable bonds is 5. The van der Waals surface area contributed by atoms with Crippen molar-refractivity contribution >= 4 is 34.1 Å². The van der Waals surface area contributed by atoms with Crippen molar-refractivity contribution < 1.29 is 4.79 Å². The Morgan fingerprint density at radius 2 is 1.88 bits per heavy atom. The van der Waals surface area contributed by atoms with Gasteiger partial charge in [0.1, 0.15) is 17.5 Å². The van der Waals surface area contributed by atoms with Gasteiger partial charge in [-0.2, -0.15) is 0 Å². The van der Waals surface area contributed by atoms with E-state index in [0.29, 0.717) is 29.3 Å². The van der Waals surface area contributed by atoms with E-state index >= 15 is 0 Å². The Hall–Kier alpha value is -3.33. The smallest absolute Gasteiger partial charge is 0.262 e. The summed E-state index contributed by atoms with van der Waals surface area (Å²) in [5, 5.41) is 7.58. The molecule has 1 saturated carbocycles. The highest BCUT2D eigenvalue weighted by Crippen LogP contribution is 2.33. The van der Waals surface area contributed by atoms with Crippen LogP contribution in [0, 0.1) is 6.92 Å². The quantitative estimate of drug-likeness (QED) is 0.561. The first-order valence-electron chi connectivity index (χ1n) is 12.1. The molecule has 3 aliphatic rings. The Kier molecular flexibility index (Phi) is 5.09. The van der Waals surface area contributed by atoms with E-state index in [2.05, 4.69) is 30.5 Å². The summed E-state index contributed by atoms with van der Waals surface area (Å²) < 4.78 is 1.82. The monoisotopic (exact) mass is 459 g/mol. The van der Waals surface area contributed by atoms with Crippen LogP contribution in [0.4, 0.5) is 17.5 Å². The molecular formula is C25H29N7O2. The summed E-state index contributed by atoms with van der Waals surface area (Å²) in [6.07, 6.45) is 10.5. The Labute approximate surface area is 197 Å². The normalized spacial score (nSPS) is 22.1. The number of aromatic nitrogens is 4. The minimum atomic E-state index is -0.198. The molecule has 0 spiro atoms. The summed E-state index contributed by atoms with van der Waals surface area (Å²) in [6.45, 7) is 5.27. The highest BCUT2D eigenvalue weighted by atomic mass is 16.1. The van der Waals surface area contributed by atoms with Crippen molar-refractivity contribution in [3.8, 4) is 0 Å². The Morgan fingerprint density at radius 3 is 2.53 bits per heavy atom. The molecular weight excluding hydrogens is 430 g/mol. The number of aryl methyl sites for hydroxylation is 1. The average molecular weight is 460 g/mol. The molecule has 0 amide bonds. The number of hydrogen-bond acceptors (Lipinski definition) is 8. The van der Waals surface area contributed by atoms with Gasteiger partial charge in [-0.15, -0.1) is 0 Å². The van der Waals surface area contributed by atoms with E-state index in [1.54, 1.807) is 12.4 Å². The largest absolute Gasteiger partial charge is 0.349 e. The fourth-order valence-electron chi connectivity index (χ4n) is 5.97. The summed E-state index contributed by atoms with van der Waals surface area (Å²) >= 11 is 0. The second-order valence-corrected chi connectivity index (χ2v) is 9.79. The van der Waals surface area contributed by atoms with Crippen molar-refractivity contribution in [2.24, 2.45) is 0 Å². The predicted octanol–water partition coefficient (Wildman–Crippen LogP) is 3.11. The van der Waals surface area contributed by atoms with Gasteiger partial charge >= 0.3 is 0 Å². The molecule has 0 aromatic carbocycles. The van der Waals surface area contributed by atoms with Gasteiger partial charge in [0.05, 0.1) is 23.5 Å². The van der Waals surface area contributed by atoms with Crippen LogP contribution < -0.4 is 21.1 Å². The molecule has 0 radical (unpaired) electrons. The Bertz CT molecular complexity index is 1330. The van der Waals surface area contributed by atoms with E-state index in [9.17, 15) is 9.59 Å². The molecule has 6 rings (SSSR count). The summed E-state index contributed by atoms with van der Waals surface area (Å²) in [4.78, 5) is 41.8. The van der Waals surface area contributed by atoms with Crippen molar-refractivity contribution in [2.75, 3.05) is 23.3 Å². The maximum Gasteiger partial charge on any atom is 0.262 e. The predicted molar refractivity (Wildman–Crippen MR) is 131 cm³/mol. The van der Waals surface area contributed by atoms with Gasteiger partial charge in [0.15, 0.2) is 5.78 Å². The number of carbonyl (C=O) groups excluding carboxylic acids is 1. The van der Waals surface area contributed by atoms with Gasteiger partial charge in [-0.1, -0.05) is 12.8 Å². The number of piperazine rings is 1. The minimum absolute atomic E-state index is 0.105. The number of hydrogen-bond donors (Lipinski definition) is 2. The number of nitrogens with one attached hydrogen (secondary N) is 2. The molecule has 0 unspecified atom stereocenters. The van der Waals surface area contributed by atoms with E-state index in [0.717, 1.165) is 61.9 Å². The molecule has 2 N–H and O–H groups in total. The zero-order valence-corrected chi connectivity index (χ0v) is 19.5. The van der Waals surface area contributed by atoms with Crippen LogP contribution in [0.2, 0.25) is 0 Å². The van der Waals surface area contributed by atoms with Gasteiger partial charge in [0, 0.05) is 48.9 Å². The van der Waals surface area contributed by atoms with Gasteiger partial charge in [0.25, 0.3) is 5.56 Å². The highest BCUT2D eigenvalue weighted by Gasteiger charge is 2.38. The van der Waals surface area contributed by atoms with Crippen molar-refractivity contribution in [1.29, 1.82) is 0 Å². The van der Waals surface area contributed by atoms with Crippen LogP contribution in [0.5, 0.6) is 0 Å². The number of anilines is 3. The van der Waals surface area contributed by atoms with Crippen LogP contribution in [-0.4, -0.2) is 50.5 Å². The molecule has 2 atom stereocenters. The van der Waals surface area contributed by atoms with Crippen LogP contribution in [0.15, 0.2) is 29.5 Å². The van der Waals surface area contributed by atoms with Crippen LogP contribution in [0.1, 0.15) is 61.0 Å². The lowest BCUT2D eigenvalue weighted by atomic mass is 10.0. The topological polar surface area (TPSA) is 105 Å². The summed E-state index contributed by atoms with van der Waals surface area (Å²) in [7, 11) is 0. The molecule has 5 heterocycles. The fourth-order valence-corrected chi connectivity index (χ4v) is 5.97. The molecule has 34 heavy (non-hydrogen) atoms. The van der Waals surface area contributed by atoms with E-state index in [1.807, 2.05) is 23.8 Å². The molecule has 3 aromatic rings. The third kappa shape index (κ3) is 3.46. The van der Waals surface area contributed by atoms with Crippen molar-refractivity contribution in [3.63, 3.8) is 0 Å². The highest BCUT2D eigenvalue weighted by molar-refractivity contribution is 6.00. The second kappa shape index (κ2) is 8.16. The van der Waals surface area contributed by atoms with E-state index in [4.69, 9.17) is 0 Å². The minimum Gasteiger partial charge on any atom is -0.349 e. The molecule has 176 valence electrons. The number of fused-ring (bicyclic) bond motifs is 3. The molecule has 3 fully saturated rings. The van der Waals surface area contributed by atoms with E-state index in [1.165, 1.54) is 6.92 Å². The van der Waals surface area contributed by atoms with Crippen LogP contribution in [0.25, 0.3) is 10.9 Å². The third-order valence-corrected chi connectivity index (χ3v) is 7.64. The van der Waals surface area contributed by atoms with E-state index < -0.39 is 0 Å². The summed E-state index contributed by atoms with van der Waals surface area (Å²) in [5.41, 5.74) is 1.58. The number of pyridine rings is 2. The van der Waals surface area contributed by atoms with Crippen molar-refractivity contribution in [1.82, 2.24) is 24.8 Å². The lowest BCUT2D eigenvalue weighted by molar-refractivity contribution is 0.101. The molecule has 2 bridgehead atoms. The Balaban J connectivity index is 1.34. The van der Waals surface area contributed by atoms with E-state index in [-0.39, 0.29) is 22.9 Å². The SMILES string of the molecule is CC(=O)c1c(C)c2cnc(Nc3cnc(N4C[C@@H]5C[C@H]4CN5)cn3)cc2n(C2CCCC2)c1=O. The maximum atomic E-state index is 13.4. The molecule has 3 aromatic heterocycles. The second-order valence-electron chi connectivity index (χ2n) is 9.79. The molecule has 1 aliphatic carbocycles. The van der Waals surface area contributed by atoms with Crippen LogP contribution in [-0.2, 0) is 0 Å². The zero-order valence-electron chi connectivity index (χ0n) is 19.5. The maximum absolute atomic E-state index is 13.4. The lowest BCUT2D eigenvalue weighted by Crippen LogP contribution is -2.44. The van der Waals surface area contributed by atoms with Crippen molar-refractivity contribution in [2.45, 2.75) is 64.1 Å². The Morgan fingerprint density at radius 1 is 1.09 bits per heavy atom. The van der Waals surface area contributed by atoms with Crippen LogP contribution in [0.3, 0.4) is 0 Å². The molecule has 9 heteroatoms. The number of nitrogens with zero attached hydrogens (tertiary/aromatic N) is 5. The number of carbonyl (C=O) groups is 1. The first-order chi connectivity index (χ1) is 16.5. The molecule has 2 aliphatic heterocycles. The van der Waals surface area contributed by atoms with Gasteiger partial charge in [0.2, 0.25) is 0 Å². The molecule has 9 nitrogen and oxygen atoms in total. The van der Waals surface area contributed by atoms with Gasteiger partial charge < -0.3 is 20.1 Å². The first-order valence-corrected chi connectivity index (χ1v) is 12.1. The standard InChI is InChI=1S/C25H29N7O2/c1-14-19-10-27-21(8-20(19)32(17-5-3-4-6-17)25(34)24(14)15(2)33)30-22-11-29-23(12-28-22)31-13-16-7-18(31)9-26-16/h8,10-12,16-18,26H,3-7,9,13H2,1-2H3,(H,27,28,30)/t16-,18-/m0/s1. The van der Waals surface area contributed by atoms with Gasteiger partial charge in [-0.3, -0.25) is 9.59 Å². The zero-order chi connectivity index (χ0) is 23.4. The fraction of sp³-hybridized carbons (Fsp3) is 0.480.